The number of para-hydroxylation sites is 1. The van der Waals surface area contributed by atoms with E-state index in [2.05, 4.69) is 10.6 Å². The van der Waals surface area contributed by atoms with Crippen LogP contribution >= 0.6 is 0 Å². The van der Waals surface area contributed by atoms with Gasteiger partial charge in [0.05, 0.1) is 5.56 Å². The van der Waals surface area contributed by atoms with E-state index < -0.39 is 11.9 Å². The minimum absolute atomic E-state index is 0.173. The van der Waals surface area contributed by atoms with Crippen LogP contribution in [-0.4, -0.2) is 17.8 Å². The Morgan fingerprint density at radius 2 is 1.52 bits per heavy atom. The average Bonchev–Trinajstić information content (AvgIpc) is 2.82. The molecule has 2 amide bonds. The molecule has 164 valence electrons. The van der Waals surface area contributed by atoms with E-state index in [1.165, 1.54) is 6.92 Å². The van der Waals surface area contributed by atoms with E-state index in [1.54, 1.807) is 48.5 Å². The molecule has 0 heterocycles. The van der Waals surface area contributed by atoms with E-state index in [4.69, 9.17) is 4.74 Å². The van der Waals surface area contributed by atoms with Crippen LogP contribution < -0.4 is 15.4 Å². The van der Waals surface area contributed by atoms with E-state index in [0.717, 1.165) is 16.3 Å². The van der Waals surface area contributed by atoms with Crippen molar-refractivity contribution in [1.29, 1.82) is 0 Å². The quantitative estimate of drug-likeness (QED) is 0.330. The van der Waals surface area contributed by atoms with Crippen molar-refractivity contribution in [3.63, 3.8) is 0 Å². The first-order valence-electron chi connectivity index (χ1n) is 10.4. The zero-order valence-electron chi connectivity index (χ0n) is 18.0. The van der Waals surface area contributed by atoms with Gasteiger partial charge in [0.15, 0.2) is 0 Å². The standard InChI is InChI=1S/C27H22N2O4/c1-18(30)33-25-15-5-4-14-24(25)27(32)29-22-12-7-10-20(16-22)26(31)28-17-21-11-6-9-19-8-2-3-13-23(19)21/h2-16H,17H2,1H3,(H,28,31)(H,29,32). The molecule has 0 atom stereocenters. The molecular formula is C27H22N2O4. The normalized spacial score (nSPS) is 10.5. The van der Waals surface area contributed by atoms with Crippen LogP contribution in [-0.2, 0) is 11.3 Å². The summed E-state index contributed by atoms with van der Waals surface area (Å²) in [6, 6.07) is 27.1. The maximum Gasteiger partial charge on any atom is 0.308 e. The summed E-state index contributed by atoms with van der Waals surface area (Å²) in [6.07, 6.45) is 0. The van der Waals surface area contributed by atoms with E-state index in [0.29, 0.717) is 17.8 Å². The van der Waals surface area contributed by atoms with Gasteiger partial charge in [-0.15, -0.1) is 0 Å². The first kappa shape index (κ1) is 21.8. The van der Waals surface area contributed by atoms with E-state index in [1.807, 2.05) is 42.5 Å². The third-order valence-electron chi connectivity index (χ3n) is 5.09. The van der Waals surface area contributed by atoms with Crippen LogP contribution in [0, 0.1) is 0 Å². The number of hydrogen-bond acceptors (Lipinski definition) is 4. The summed E-state index contributed by atoms with van der Waals surface area (Å²) in [5.74, 6) is -1.04. The number of amides is 2. The largest absolute Gasteiger partial charge is 0.426 e. The molecular weight excluding hydrogens is 416 g/mol. The Kier molecular flexibility index (Phi) is 6.45. The number of carbonyl (C=O) groups is 3. The smallest absolute Gasteiger partial charge is 0.308 e. The maximum absolute atomic E-state index is 12.8. The van der Waals surface area contributed by atoms with Crippen LogP contribution in [0.2, 0.25) is 0 Å². The SMILES string of the molecule is CC(=O)Oc1ccccc1C(=O)Nc1cccc(C(=O)NCc2cccc3ccccc23)c1. The molecule has 0 aliphatic rings. The molecule has 33 heavy (non-hydrogen) atoms. The highest BCUT2D eigenvalue weighted by atomic mass is 16.5. The molecule has 0 saturated carbocycles. The molecule has 0 aliphatic carbocycles. The molecule has 0 aromatic heterocycles. The van der Waals surface area contributed by atoms with Crippen molar-refractivity contribution in [3.05, 3.63) is 108 Å². The number of hydrogen-bond donors (Lipinski definition) is 2. The van der Waals surface area contributed by atoms with Crippen molar-refractivity contribution in [2.24, 2.45) is 0 Å². The molecule has 0 radical (unpaired) electrons. The van der Waals surface area contributed by atoms with Gasteiger partial charge in [-0.3, -0.25) is 14.4 Å². The van der Waals surface area contributed by atoms with Gasteiger partial charge >= 0.3 is 5.97 Å². The van der Waals surface area contributed by atoms with Crippen molar-refractivity contribution < 1.29 is 19.1 Å². The van der Waals surface area contributed by atoms with Crippen LogP contribution in [0.3, 0.4) is 0 Å². The summed E-state index contributed by atoms with van der Waals surface area (Å²) >= 11 is 0. The lowest BCUT2D eigenvalue weighted by Gasteiger charge is -2.11. The Balaban J connectivity index is 1.46. The number of benzene rings is 4. The van der Waals surface area contributed by atoms with Gasteiger partial charge in [0, 0.05) is 24.7 Å². The van der Waals surface area contributed by atoms with Crippen molar-refractivity contribution in [2.45, 2.75) is 13.5 Å². The predicted octanol–water partition coefficient (Wildman–Crippen LogP) is 4.95. The topological polar surface area (TPSA) is 84.5 Å². The van der Waals surface area contributed by atoms with Crippen LogP contribution in [0.15, 0.2) is 91.0 Å². The zero-order chi connectivity index (χ0) is 23.2. The van der Waals surface area contributed by atoms with Crippen molar-refractivity contribution in [3.8, 4) is 5.75 Å². The number of fused-ring (bicyclic) bond motifs is 1. The van der Waals surface area contributed by atoms with Gasteiger partial charge in [-0.1, -0.05) is 60.7 Å². The van der Waals surface area contributed by atoms with Crippen LogP contribution in [0.1, 0.15) is 33.2 Å². The molecule has 6 heteroatoms. The van der Waals surface area contributed by atoms with Crippen LogP contribution in [0.5, 0.6) is 5.75 Å². The summed E-state index contributed by atoms with van der Waals surface area (Å²) in [7, 11) is 0. The molecule has 4 rings (SSSR count). The van der Waals surface area contributed by atoms with Gasteiger partial charge in [-0.25, -0.2) is 0 Å². The van der Waals surface area contributed by atoms with Gasteiger partial charge in [0.2, 0.25) is 0 Å². The van der Waals surface area contributed by atoms with Crippen molar-refractivity contribution in [1.82, 2.24) is 5.32 Å². The predicted molar refractivity (Wildman–Crippen MR) is 127 cm³/mol. The summed E-state index contributed by atoms with van der Waals surface area (Å²) < 4.78 is 5.11. The molecule has 4 aromatic carbocycles. The Bertz CT molecular complexity index is 1340. The van der Waals surface area contributed by atoms with Crippen LogP contribution in [0.25, 0.3) is 10.8 Å². The zero-order valence-corrected chi connectivity index (χ0v) is 18.0. The van der Waals surface area contributed by atoms with Gasteiger partial charge in [0.1, 0.15) is 5.75 Å². The number of esters is 1. The lowest BCUT2D eigenvalue weighted by Crippen LogP contribution is -2.23. The number of rotatable bonds is 6. The highest BCUT2D eigenvalue weighted by Crippen LogP contribution is 2.21. The number of carbonyl (C=O) groups excluding carboxylic acids is 3. The number of nitrogens with one attached hydrogen (secondary N) is 2. The Labute approximate surface area is 191 Å². The molecule has 0 unspecified atom stereocenters. The van der Waals surface area contributed by atoms with Gasteiger partial charge < -0.3 is 15.4 Å². The van der Waals surface area contributed by atoms with Gasteiger partial charge in [-0.05, 0) is 46.7 Å². The number of anilines is 1. The second-order valence-electron chi connectivity index (χ2n) is 7.45. The third-order valence-corrected chi connectivity index (χ3v) is 5.09. The first-order chi connectivity index (χ1) is 16.0. The Morgan fingerprint density at radius 3 is 2.36 bits per heavy atom. The lowest BCUT2D eigenvalue weighted by atomic mass is 10.0. The highest BCUT2D eigenvalue weighted by Gasteiger charge is 2.15. The molecule has 0 aliphatic heterocycles. The maximum atomic E-state index is 12.8. The average molecular weight is 438 g/mol. The fourth-order valence-corrected chi connectivity index (χ4v) is 3.56. The number of ether oxygens (including phenoxy) is 1. The van der Waals surface area contributed by atoms with E-state index >= 15 is 0 Å². The monoisotopic (exact) mass is 438 g/mol. The third kappa shape index (κ3) is 5.25. The molecule has 6 nitrogen and oxygen atoms in total. The second kappa shape index (κ2) is 9.78. The lowest BCUT2D eigenvalue weighted by molar-refractivity contribution is -0.131. The Morgan fingerprint density at radius 1 is 0.788 bits per heavy atom. The minimum atomic E-state index is -0.514. The molecule has 0 fully saturated rings. The van der Waals surface area contributed by atoms with E-state index in [-0.39, 0.29) is 17.2 Å². The van der Waals surface area contributed by atoms with Gasteiger partial charge in [-0.2, -0.15) is 0 Å². The fraction of sp³-hybridized carbons (Fsp3) is 0.0741. The first-order valence-corrected chi connectivity index (χ1v) is 10.4. The summed E-state index contributed by atoms with van der Waals surface area (Å²) in [5, 5.41) is 7.90. The van der Waals surface area contributed by atoms with Gasteiger partial charge in [0.25, 0.3) is 11.8 Å². The summed E-state index contributed by atoms with van der Waals surface area (Å²) in [4.78, 5) is 36.8. The highest BCUT2D eigenvalue weighted by molar-refractivity contribution is 6.07. The van der Waals surface area contributed by atoms with Crippen LogP contribution in [0.4, 0.5) is 5.69 Å². The van der Waals surface area contributed by atoms with E-state index in [9.17, 15) is 14.4 Å². The second-order valence-corrected chi connectivity index (χ2v) is 7.45. The van der Waals surface area contributed by atoms with Crippen molar-refractivity contribution in [2.75, 3.05) is 5.32 Å². The molecule has 4 aromatic rings. The molecule has 0 spiro atoms. The minimum Gasteiger partial charge on any atom is -0.426 e. The summed E-state index contributed by atoms with van der Waals surface area (Å²) in [6.45, 7) is 1.65. The Hall–Kier alpha value is -4.45. The summed E-state index contributed by atoms with van der Waals surface area (Å²) in [5.41, 5.74) is 2.11. The fourth-order valence-electron chi connectivity index (χ4n) is 3.56. The molecule has 0 bridgehead atoms. The molecule has 0 saturated heterocycles. The van der Waals surface area contributed by atoms with Crippen molar-refractivity contribution >= 4 is 34.2 Å². The molecule has 2 N–H and O–H groups in total.